The molecule has 0 aliphatic carbocycles. The van der Waals surface area contributed by atoms with E-state index in [4.69, 9.17) is 10.1 Å². The van der Waals surface area contributed by atoms with E-state index in [1.165, 1.54) is 12.0 Å². The van der Waals surface area contributed by atoms with Crippen LogP contribution in [0.25, 0.3) is 0 Å². The molecule has 6 nitrogen and oxygen atoms in total. The molecule has 2 amide bonds. The number of aromatic nitrogens is 1. The summed E-state index contributed by atoms with van der Waals surface area (Å²) in [6, 6.07) is 4.35. The first-order chi connectivity index (χ1) is 11.6. The molecular formula is C18H26N4O2. The number of aliphatic hydroxyl groups excluding tert-OH is 1. The second-order valence-corrected chi connectivity index (χ2v) is 6.52. The number of urea groups is 1. The molecule has 6 heteroatoms. The topological polar surface area (TPSA) is 68.7 Å². The lowest BCUT2D eigenvalue weighted by Gasteiger charge is -2.19. The van der Waals surface area contributed by atoms with Crippen molar-refractivity contribution < 1.29 is 9.90 Å². The van der Waals surface area contributed by atoms with E-state index in [9.17, 15) is 4.79 Å². The van der Waals surface area contributed by atoms with Crippen LogP contribution < -0.4 is 5.32 Å². The summed E-state index contributed by atoms with van der Waals surface area (Å²) in [6.45, 7) is 7.25. The monoisotopic (exact) mass is 330 g/mol. The zero-order valence-corrected chi connectivity index (χ0v) is 14.1. The quantitative estimate of drug-likeness (QED) is 0.754. The van der Waals surface area contributed by atoms with E-state index < -0.39 is 0 Å². The highest BCUT2D eigenvalue weighted by atomic mass is 16.3. The van der Waals surface area contributed by atoms with Crippen LogP contribution in [-0.4, -0.2) is 58.6 Å². The summed E-state index contributed by atoms with van der Waals surface area (Å²) in [4.78, 5) is 20.6. The normalized spacial score (nSPS) is 16.9. The molecule has 2 aliphatic rings. The minimum atomic E-state index is 0.0660. The third-order valence-corrected chi connectivity index (χ3v) is 4.66. The van der Waals surface area contributed by atoms with E-state index in [1.807, 2.05) is 4.90 Å². The lowest BCUT2D eigenvalue weighted by Crippen LogP contribution is -2.33. The van der Waals surface area contributed by atoms with Crippen molar-refractivity contribution in [1.29, 1.82) is 0 Å². The van der Waals surface area contributed by atoms with Crippen LogP contribution in [0.4, 0.5) is 10.6 Å². The first kappa shape index (κ1) is 16.6. The molecule has 0 spiro atoms. The lowest BCUT2D eigenvalue weighted by atomic mass is 10.1. The summed E-state index contributed by atoms with van der Waals surface area (Å²) < 4.78 is 0. The van der Waals surface area contributed by atoms with Gasteiger partial charge in [0.1, 0.15) is 5.82 Å². The standard InChI is InChI=1S/C18H26N4O2/c1-14(23)8-11-22-13-12-21(18(22)24)10-3-5-16-7-6-15-4-2-9-19-17(15)20-16/h6-7,23H,1-5,8-13H2,(H,19,20). The highest BCUT2D eigenvalue weighted by molar-refractivity contribution is 5.76. The van der Waals surface area contributed by atoms with Crippen molar-refractivity contribution in [3.05, 3.63) is 35.7 Å². The van der Waals surface area contributed by atoms with Crippen molar-refractivity contribution in [1.82, 2.24) is 14.8 Å². The Kier molecular flexibility index (Phi) is 5.23. The number of nitrogens with zero attached hydrogens (tertiary/aromatic N) is 3. The summed E-state index contributed by atoms with van der Waals surface area (Å²) in [5.74, 6) is 1.17. The van der Waals surface area contributed by atoms with Gasteiger partial charge in [0, 0.05) is 44.8 Å². The number of rotatable bonds is 7. The van der Waals surface area contributed by atoms with Crippen LogP contribution in [0.3, 0.4) is 0 Å². The fourth-order valence-corrected chi connectivity index (χ4v) is 3.27. The molecule has 0 aromatic carbocycles. The molecule has 130 valence electrons. The van der Waals surface area contributed by atoms with Gasteiger partial charge in [-0.2, -0.15) is 0 Å². The van der Waals surface area contributed by atoms with Gasteiger partial charge in [-0.25, -0.2) is 9.78 Å². The Balaban J connectivity index is 1.45. The zero-order chi connectivity index (χ0) is 16.9. The van der Waals surface area contributed by atoms with Gasteiger partial charge in [0.25, 0.3) is 0 Å². The van der Waals surface area contributed by atoms with Gasteiger partial charge in [0.05, 0.1) is 5.76 Å². The maximum Gasteiger partial charge on any atom is 0.320 e. The third-order valence-electron chi connectivity index (χ3n) is 4.66. The molecule has 0 saturated carbocycles. The van der Waals surface area contributed by atoms with Gasteiger partial charge >= 0.3 is 6.03 Å². The molecule has 3 heterocycles. The highest BCUT2D eigenvalue weighted by Gasteiger charge is 2.27. The van der Waals surface area contributed by atoms with Gasteiger partial charge in [0.2, 0.25) is 0 Å². The molecule has 1 fully saturated rings. The number of pyridine rings is 1. The smallest absolute Gasteiger partial charge is 0.320 e. The molecule has 2 N–H and O–H groups in total. The number of hydrogen-bond acceptors (Lipinski definition) is 4. The van der Waals surface area contributed by atoms with Crippen molar-refractivity contribution in [2.24, 2.45) is 0 Å². The molecule has 0 unspecified atom stereocenters. The number of carbonyl (C=O) groups is 1. The average molecular weight is 330 g/mol. The Morgan fingerprint density at radius 2 is 2.08 bits per heavy atom. The number of aliphatic hydroxyl groups is 1. The number of aryl methyl sites for hydroxylation is 2. The van der Waals surface area contributed by atoms with Crippen molar-refractivity contribution in [3.8, 4) is 0 Å². The third kappa shape index (κ3) is 3.99. The second kappa shape index (κ2) is 7.55. The number of fused-ring (bicyclic) bond motifs is 1. The second-order valence-electron chi connectivity index (χ2n) is 6.52. The lowest BCUT2D eigenvalue weighted by molar-refractivity contribution is 0.190. The molecule has 0 bridgehead atoms. The van der Waals surface area contributed by atoms with E-state index in [0.717, 1.165) is 57.0 Å². The SMILES string of the molecule is C=C(O)CCN1CCN(CCCc2ccc3c(n2)NCCC3)C1=O. The minimum absolute atomic E-state index is 0.0660. The molecule has 1 saturated heterocycles. The van der Waals surface area contributed by atoms with Crippen molar-refractivity contribution in [2.75, 3.05) is 38.0 Å². The summed E-state index contributed by atoms with van der Waals surface area (Å²) in [6.07, 6.45) is 4.52. The minimum Gasteiger partial charge on any atom is -0.513 e. The Morgan fingerprint density at radius 3 is 2.88 bits per heavy atom. The van der Waals surface area contributed by atoms with E-state index in [1.54, 1.807) is 4.90 Å². The van der Waals surface area contributed by atoms with Gasteiger partial charge in [-0.05, 0) is 37.3 Å². The number of anilines is 1. The maximum atomic E-state index is 12.3. The summed E-state index contributed by atoms with van der Waals surface area (Å²) in [7, 11) is 0. The first-order valence-corrected chi connectivity index (χ1v) is 8.77. The van der Waals surface area contributed by atoms with Gasteiger partial charge in [-0.15, -0.1) is 0 Å². The largest absolute Gasteiger partial charge is 0.513 e. The summed E-state index contributed by atoms with van der Waals surface area (Å²) in [5, 5.41) is 12.5. The van der Waals surface area contributed by atoms with Crippen molar-refractivity contribution in [3.63, 3.8) is 0 Å². The number of nitrogens with one attached hydrogen (secondary N) is 1. The van der Waals surface area contributed by atoms with Crippen LogP contribution in [0, 0.1) is 0 Å². The maximum absolute atomic E-state index is 12.3. The molecule has 1 aromatic rings. The highest BCUT2D eigenvalue weighted by Crippen LogP contribution is 2.20. The molecule has 0 atom stereocenters. The van der Waals surface area contributed by atoms with Crippen LogP contribution in [0.15, 0.2) is 24.5 Å². The fourth-order valence-electron chi connectivity index (χ4n) is 3.27. The zero-order valence-electron chi connectivity index (χ0n) is 14.1. The summed E-state index contributed by atoms with van der Waals surface area (Å²) >= 11 is 0. The van der Waals surface area contributed by atoms with Crippen LogP contribution in [0.5, 0.6) is 0 Å². The van der Waals surface area contributed by atoms with Crippen LogP contribution in [0.1, 0.15) is 30.5 Å². The van der Waals surface area contributed by atoms with Gasteiger partial charge < -0.3 is 20.2 Å². The van der Waals surface area contributed by atoms with E-state index in [0.29, 0.717) is 13.0 Å². The van der Waals surface area contributed by atoms with Gasteiger partial charge in [0.15, 0.2) is 0 Å². The fraction of sp³-hybridized carbons (Fsp3) is 0.556. The van der Waals surface area contributed by atoms with Crippen LogP contribution >= 0.6 is 0 Å². The predicted molar refractivity (Wildman–Crippen MR) is 94.3 cm³/mol. The summed E-state index contributed by atoms with van der Waals surface area (Å²) in [5.41, 5.74) is 2.39. The molecule has 0 radical (unpaired) electrons. The molecule has 1 aromatic heterocycles. The van der Waals surface area contributed by atoms with Gasteiger partial charge in [-0.3, -0.25) is 0 Å². The van der Waals surface area contributed by atoms with Crippen molar-refractivity contribution in [2.45, 2.75) is 32.1 Å². The Bertz CT molecular complexity index is 617. The first-order valence-electron chi connectivity index (χ1n) is 8.77. The van der Waals surface area contributed by atoms with Crippen molar-refractivity contribution >= 4 is 11.8 Å². The number of carbonyl (C=O) groups excluding carboxylic acids is 1. The Labute approximate surface area is 143 Å². The van der Waals surface area contributed by atoms with Crippen LogP contribution in [0.2, 0.25) is 0 Å². The van der Waals surface area contributed by atoms with E-state index in [2.05, 4.69) is 24.0 Å². The van der Waals surface area contributed by atoms with E-state index >= 15 is 0 Å². The number of amides is 2. The predicted octanol–water partition coefficient (Wildman–Crippen LogP) is 2.57. The number of hydrogen-bond donors (Lipinski definition) is 2. The molecular weight excluding hydrogens is 304 g/mol. The average Bonchev–Trinajstić information content (AvgIpc) is 2.93. The van der Waals surface area contributed by atoms with E-state index in [-0.39, 0.29) is 11.8 Å². The molecule has 3 rings (SSSR count). The Hall–Kier alpha value is -2.24. The molecule has 2 aliphatic heterocycles. The Morgan fingerprint density at radius 1 is 1.29 bits per heavy atom. The van der Waals surface area contributed by atoms with Gasteiger partial charge in [-0.1, -0.05) is 12.6 Å². The molecule has 24 heavy (non-hydrogen) atoms. The van der Waals surface area contributed by atoms with Crippen LogP contribution in [-0.2, 0) is 12.8 Å².